The van der Waals surface area contributed by atoms with Gasteiger partial charge in [-0.1, -0.05) is 24.3 Å². The summed E-state index contributed by atoms with van der Waals surface area (Å²) in [5.74, 6) is -0.718. The van der Waals surface area contributed by atoms with Crippen molar-refractivity contribution in [1.29, 1.82) is 0 Å². The van der Waals surface area contributed by atoms with Crippen LogP contribution in [0.1, 0.15) is 42.5 Å². The van der Waals surface area contributed by atoms with Gasteiger partial charge in [0.05, 0.1) is 18.7 Å². The van der Waals surface area contributed by atoms with E-state index in [-0.39, 0.29) is 24.1 Å². The number of carbonyl (C=O) groups is 2. The van der Waals surface area contributed by atoms with Crippen LogP contribution in [0.3, 0.4) is 0 Å². The quantitative estimate of drug-likeness (QED) is 0.644. The number of benzene rings is 2. The standard InChI is InChI=1S/C23H23NO5/c1-14(23(27)24-20-8-4-6-15-5-2-3-7-18(15)20)29-22(26)11-16-13-28-21-12-17(25)9-10-19(16)21/h2-3,5,7,9-10,12-14,20,25H,4,6,8,11H2,1H3,(H,24,27)/t14-,20+/m0/s1. The molecule has 0 saturated heterocycles. The summed E-state index contributed by atoms with van der Waals surface area (Å²) in [6, 6.07) is 12.8. The summed E-state index contributed by atoms with van der Waals surface area (Å²) in [6.07, 6.45) is 3.47. The second-order valence-corrected chi connectivity index (χ2v) is 7.40. The number of rotatable bonds is 5. The Balaban J connectivity index is 1.37. The van der Waals surface area contributed by atoms with Crippen molar-refractivity contribution in [3.63, 3.8) is 0 Å². The number of carbonyl (C=O) groups excluding carboxylic acids is 2. The minimum atomic E-state index is -0.890. The lowest BCUT2D eigenvalue weighted by atomic mass is 9.87. The molecule has 3 aromatic rings. The van der Waals surface area contributed by atoms with Gasteiger partial charge in [0.2, 0.25) is 0 Å². The predicted octanol–water partition coefficient (Wildman–Crippen LogP) is 3.81. The number of phenols is 1. The fraction of sp³-hybridized carbons (Fsp3) is 0.304. The third-order valence-corrected chi connectivity index (χ3v) is 5.34. The number of aryl methyl sites for hydroxylation is 1. The first kappa shape index (κ1) is 19.1. The minimum Gasteiger partial charge on any atom is -0.508 e. The molecular weight excluding hydrogens is 370 g/mol. The van der Waals surface area contributed by atoms with Crippen molar-refractivity contribution in [1.82, 2.24) is 5.32 Å². The first-order valence-corrected chi connectivity index (χ1v) is 9.78. The molecule has 2 aromatic carbocycles. The molecule has 1 aliphatic rings. The zero-order chi connectivity index (χ0) is 20.4. The summed E-state index contributed by atoms with van der Waals surface area (Å²) in [7, 11) is 0. The number of amides is 1. The van der Waals surface area contributed by atoms with E-state index in [2.05, 4.69) is 11.4 Å². The van der Waals surface area contributed by atoms with Crippen molar-refractivity contribution >= 4 is 22.8 Å². The van der Waals surface area contributed by atoms with E-state index in [4.69, 9.17) is 9.15 Å². The Kier molecular flexibility index (Phi) is 5.25. The summed E-state index contributed by atoms with van der Waals surface area (Å²) < 4.78 is 10.7. The average Bonchev–Trinajstić information content (AvgIpc) is 3.09. The van der Waals surface area contributed by atoms with Crippen molar-refractivity contribution < 1.29 is 23.8 Å². The number of hydrogen-bond acceptors (Lipinski definition) is 5. The van der Waals surface area contributed by atoms with Crippen LogP contribution in [0, 0.1) is 0 Å². The van der Waals surface area contributed by atoms with Gasteiger partial charge in [-0.3, -0.25) is 9.59 Å². The number of ether oxygens (including phenoxy) is 1. The fourth-order valence-corrected chi connectivity index (χ4v) is 3.85. The van der Waals surface area contributed by atoms with E-state index < -0.39 is 12.1 Å². The number of nitrogens with one attached hydrogen (secondary N) is 1. The van der Waals surface area contributed by atoms with Gasteiger partial charge >= 0.3 is 5.97 Å². The summed E-state index contributed by atoms with van der Waals surface area (Å²) in [4.78, 5) is 24.9. The summed E-state index contributed by atoms with van der Waals surface area (Å²) in [6.45, 7) is 1.58. The Hall–Kier alpha value is -3.28. The Labute approximate surface area is 168 Å². The molecule has 150 valence electrons. The van der Waals surface area contributed by atoms with Gasteiger partial charge in [-0.25, -0.2) is 0 Å². The molecule has 2 N–H and O–H groups in total. The van der Waals surface area contributed by atoms with Crippen LogP contribution in [-0.4, -0.2) is 23.1 Å². The van der Waals surface area contributed by atoms with E-state index in [1.54, 1.807) is 13.0 Å². The molecule has 6 nitrogen and oxygen atoms in total. The smallest absolute Gasteiger partial charge is 0.311 e. The highest BCUT2D eigenvalue weighted by molar-refractivity contribution is 5.88. The lowest BCUT2D eigenvalue weighted by molar-refractivity contribution is -0.154. The molecule has 6 heteroatoms. The third-order valence-electron chi connectivity index (χ3n) is 5.34. The Morgan fingerprint density at radius 2 is 2.10 bits per heavy atom. The van der Waals surface area contributed by atoms with Gasteiger partial charge in [0.1, 0.15) is 11.3 Å². The van der Waals surface area contributed by atoms with Crippen LogP contribution in [-0.2, 0) is 27.2 Å². The molecule has 1 aliphatic carbocycles. The van der Waals surface area contributed by atoms with E-state index >= 15 is 0 Å². The van der Waals surface area contributed by atoms with Crippen molar-refractivity contribution in [3.8, 4) is 5.75 Å². The molecular formula is C23H23NO5. The monoisotopic (exact) mass is 393 g/mol. The second kappa shape index (κ2) is 7.99. The summed E-state index contributed by atoms with van der Waals surface area (Å²) >= 11 is 0. The number of furan rings is 1. The largest absolute Gasteiger partial charge is 0.508 e. The second-order valence-electron chi connectivity index (χ2n) is 7.40. The molecule has 1 aromatic heterocycles. The first-order chi connectivity index (χ1) is 14.0. The van der Waals surface area contributed by atoms with Crippen LogP contribution in [0.25, 0.3) is 11.0 Å². The maximum atomic E-state index is 12.6. The maximum absolute atomic E-state index is 12.6. The molecule has 1 amide bonds. The SMILES string of the molecule is C[C@H](OC(=O)Cc1coc2cc(O)ccc12)C(=O)N[C@@H]1CCCc2ccccc21. The first-order valence-electron chi connectivity index (χ1n) is 9.78. The van der Waals surface area contributed by atoms with Crippen LogP contribution in [0.15, 0.2) is 53.1 Å². The molecule has 0 fully saturated rings. The van der Waals surface area contributed by atoms with Crippen molar-refractivity contribution in [3.05, 3.63) is 65.4 Å². The van der Waals surface area contributed by atoms with Crippen LogP contribution >= 0.6 is 0 Å². The van der Waals surface area contributed by atoms with E-state index in [0.29, 0.717) is 11.1 Å². The van der Waals surface area contributed by atoms with Crippen molar-refractivity contribution in [2.24, 2.45) is 0 Å². The molecule has 0 unspecified atom stereocenters. The maximum Gasteiger partial charge on any atom is 0.311 e. The van der Waals surface area contributed by atoms with Crippen LogP contribution in [0.5, 0.6) is 5.75 Å². The van der Waals surface area contributed by atoms with Crippen LogP contribution < -0.4 is 5.32 Å². The lowest BCUT2D eigenvalue weighted by Gasteiger charge is -2.27. The molecule has 0 saturated carbocycles. The fourth-order valence-electron chi connectivity index (χ4n) is 3.85. The zero-order valence-electron chi connectivity index (χ0n) is 16.2. The van der Waals surface area contributed by atoms with Gasteiger partial charge in [0.25, 0.3) is 5.91 Å². The number of esters is 1. The van der Waals surface area contributed by atoms with E-state index in [1.807, 2.05) is 18.2 Å². The number of hydrogen-bond donors (Lipinski definition) is 2. The molecule has 1 heterocycles. The molecule has 4 rings (SSSR count). The van der Waals surface area contributed by atoms with Crippen molar-refractivity contribution in [2.75, 3.05) is 0 Å². The zero-order valence-corrected chi connectivity index (χ0v) is 16.2. The van der Waals surface area contributed by atoms with Gasteiger partial charge in [0, 0.05) is 17.0 Å². The van der Waals surface area contributed by atoms with Gasteiger partial charge in [-0.2, -0.15) is 0 Å². The van der Waals surface area contributed by atoms with Crippen LogP contribution in [0.2, 0.25) is 0 Å². The number of aromatic hydroxyl groups is 1. The highest BCUT2D eigenvalue weighted by atomic mass is 16.5. The normalized spacial score (nSPS) is 16.8. The lowest BCUT2D eigenvalue weighted by Crippen LogP contribution is -2.39. The Morgan fingerprint density at radius 3 is 2.97 bits per heavy atom. The number of phenolic OH excluding ortho intramolecular Hbond substituents is 1. The average molecular weight is 393 g/mol. The Bertz CT molecular complexity index is 1050. The van der Waals surface area contributed by atoms with E-state index in [9.17, 15) is 14.7 Å². The molecule has 29 heavy (non-hydrogen) atoms. The molecule has 2 atom stereocenters. The number of fused-ring (bicyclic) bond motifs is 2. The minimum absolute atomic E-state index is 0.0122. The summed E-state index contributed by atoms with van der Waals surface area (Å²) in [5.41, 5.74) is 3.54. The van der Waals surface area contributed by atoms with Crippen LogP contribution in [0.4, 0.5) is 0 Å². The molecule has 0 aliphatic heterocycles. The highest BCUT2D eigenvalue weighted by Crippen LogP contribution is 2.29. The Morgan fingerprint density at radius 1 is 1.28 bits per heavy atom. The highest BCUT2D eigenvalue weighted by Gasteiger charge is 2.25. The van der Waals surface area contributed by atoms with Gasteiger partial charge < -0.3 is 19.6 Å². The van der Waals surface area contributed by atoms with Gasteiger partial charge in [-0.15, -0.1) is 0 Å². The topological polar surface area (TPSA) is 88.8 Å². The molecule has 0 spiro atoms. The van der Waals surface area contributed by atoms with Crippen molar-refractivity contribution in [2.45, 2.75) is 44.8 Å². The predicted molar refractivity (Wildman–Crippen MR) is 107 cm³/mol. The third kappa shape index (κ3) is 4.11. The summed E-state index contributed by atoms with van der Waals surface area (Å²) in [5, 5.41) is 13.2. The van der Waals surface area contributed by atoms with E-state index in [0.717, 1.165) is 30.2 Å². The molecule has 0 radical (unpaired) electrons. The van der Waals surface area contributed by atoms with Gasteiger partial charge in [0.15, 0.2) is 6.10 Å². The van der Waals surface area contributed by atoms with E-state index in [1.165, 1.54) is 24.0 Å². The van der Waals surface area contributed by atoms with Gasteiger partial charge in [-0.05, 0) is 49.4 Å². The molecule has 0 bridgehead atoms.